The van der Waals surface area contributed by atoms with Crippen LogP contribution in [0.2, 0.25) is 0 Å². The molecule has 2 aliphatic heterocycles. The maximum atomic E-state index is 6.31. The molecule has 1 aromatic rings. The van der Waals surface area contributed by atoms with E-state index in [2.05, 4.69) is 85.6 Å². The van der Waals surface area contributed by atoms with E-state index in [1.807, 2.05) is 6.20 Å². The van der Waals surface area contributed by atoms with Crippen LogP contribution < -0.4 is 10.4 Å². The third-order valence-corrected chi connectivity index (χ3v) is 6.69. The van der Waals surface area contributed by atoms with Crippen LogP contribution in [0, 0.1) is 0 Å². The molecule has 1 saturated carbocycles. The Morgan fingerprint density at radius 2 is 1.77 bits per heavy atom. The van der Waals surface area contributed by atoms with Crippen molar-refractivity contribution in [1.82, 2.24) is 0 Å². The van der Waals surface area contributed by atoms with E-state index in [0.29, 0.717) is 5.92 Å². The fraction of sp³-hybridized carbons (Fsp3) is 0.550. The monoisotopic (exact) mass is 412 g/mol. The second kappa shape index (κ2) is 6.26. The standard InChI is InChI=1S/C20H26AsBN2O2/c1-13-8-9-23-18(21)24(13)17-11-15(14-6-7-14)10-16(12-17)22-25-19(2,3)20(4,5)26-22/h8-14H,6-7H2,1-5H3. The van der Waals surface area contributed by atoms with Gasteiger partial charge in [-0.3, -0.25) is 0 Å². The molecule has 4 nitrogen and oxygen atoms in total. The Labute approximate surface area is 165 Å². The summed E-state index contributed by atoms with van der Waals surface area (Å²) in [7, 11) is -0.333. The first kappa shape index (κ1) is 18.3. The number of aliphatic imine (C=N–C) groups is 1. The summed E-state index contributed by atoms with van der Waals surface area (Å²) in [6, 6.07) is 7.05. The van der Waals surface area contributed by atoms with E-state index in [-0.39, 0.29) is 24.4 Å². The van der Waals surface area contributed by atoms with Crippen molar-refractivity contribution < 1.29 is 9.31 Å². The van der Waals surface area contributed by atoms with Gasteiger partial charge >= 0.3 is 166 Å². The zero-order valence-corrected chi connectivity index (χ0v) is 18.1. The molecule has 1 unspecified atom stereocenters. The van der Waals surface area contributed by atoms with E-state index >= 15 is 0 Å². The summed E-state index contributed by atoms with van der Waals surface area (Å²) >= 11 is 2.58. The van der Waals surface area contributed by atoms with Gasteiger partial charge in [0.1, 0.15) is 0 Å². The molecule has 4 rings (SSSR count). The Balaban J connectivity index is 1.73. The van der Waals surface area contributed by atoms with Gasteiger partial charge in [0.25, 0.3) is 0 Å². The molecule has 0 aromatic heterocycles. The van der Waals surface area contributed by atoms with Crippen LogP contribution in [0.5, 0.6) is 0 Å². The summed E-state index contributed by atoms with van der Waals surface area (Å²) in [5.41, 5.74) is 2.99. The number of anilines is 1. The SMILES string of the molecule is CC1C=CN=C([As])N1c1cc(B2OC(C)(C)C(C)(C)O2)cc(C2CC2)c1. The minimum absolute atomic E-state index is 0.270. The predicted molar refractivity (Wildman–Crippen MR) is 108 cm³/mol. The third-order valence-electron chi connectivity index (χ3n) is 5.99. The topological polar surface area (TPSA) is 34.1 Å². The van der Waals surface area contributed by atoms with Crippen molar-refractivity contribution in [2.24, 2.45) is 4.99 Å². The summed E-state index contributed by atoms with van der Waals surface area (Å²) in [5.74, 6) is 0.665. The van der Waals surface area contributed by atoms with Crippen LogP contribution >= 0.6 is 0 Å². The average molecular weight is 412 g/mol. The molecule has 0 amide bonds. The van der Waals surface area contributed by atoms with Gasteiger partial charge in [0.2, 0.25) is 0 Å². The molecule has 136 valence electrons. The predicted octanol–water partition coefficient (Wildman–Crippen LogP) is 3.11. The number of amidine groups is 1. The third kappa shape index (κ3) is 3.19. The summed E-state index contributed by atoms with van der Waals surface area (Å²) in [4.78, 5) is 6.74. The first-order chi connectivity index (χ1) is 12.2. The van der Waals surface area contributed by atoms with Crippen LogP contribution in [0.15, 0.2) is 35.5 Å². The zero-order chi connectivity index (χ0) is 18.7. The van der Waals surface area contributed by atoms with Crippen LogP contribution in [0.3, 0.4) is 0 Å². The number of hydrogen-bond acceptors (Lipinski definition) is 4. The normalized spacial score (nSPS) is 27.0. The minimum atomic E-state index is -0.333. The van der Waals surface area contributed by atoms with Gasteiger partial charge in [-0.05, 0) is 0 Å². The fourth-order valence-electron chi connectivity index (χ4n) is 3.48. The first-order valence-corrected chi connectivity index (χ1v) is 10.3. The van der Waals surface area contributed by atoms with Crippen molar-refractivity contribution in [3.63, 3.8) is 0 Å². The van der Waals surface area contributed by atoms with Gasteiger partial charge in [-0.2, -0.15) is 0 Å². The van der Waals surface area contributed by atoms with Crippen LogP contribution in [0.4, 0.5) is 5.69 Å². The van der Waals surface area contributed by atoms with Crippen LogP contribution in [-0.2, 0) is 9.31 Å². The van der Waals surface area contributed by atoms with Crippen molar-refractivity contribution in [3.05, 3.63) is 36.0 Å². The van der Waals surface area contributed by atoms with E-state index < -0.39 is 0 Å². The molecule has 0 spiro atoms. The van der Waals surface area contributed by atoms with Gasteiger partial charge in [0, 0.05) is 0 Å². The molecule has 1 saturated heterocycles. The second-order valence-corrected chi connectivity index (χ2v) is 9.44. The van der Waals surface area contributed by atoms with E-state index in [1.54, 1.807) is 0 Å². The summed E-state index contributed by atoms with van der Waals surface area (Å²) in [5, 5.41) is 0. The van der Waals surface area contributed by atoms with Crippen molar-refractivity contribution in [3.8, 4) is 0 Å². The summed E-state index contributed by atoms with van der Waals surface area (Å²) < 4.78 is 13.6. The molecule has 3 aliphatic rings. The molecular formula is C20H26AsBN2O2. The molecule has 1 aromatic carbocycles. The Morgan fingerprint density at radius 3 is 2.35 bits per heavy atom. The van der Waals surface area contributed by atoms with Gasteiger partial charge in [0.15, 0.2) is 0 Å². The molecule has 2 radical (unpaired) electrons. The fourth-order valence-corrected chi connectivity index (χ4v) is 4.25. The molecule has 2 heterocycles. The van der Waals surface area contributed by atoms with Crippen molar-refractivity contribution >= 4 is 39.7 Å². The molecule has 2 fully saturated rings. The zero-order valence-electron chi connectivity index (χ0n) is 16.2. The van der Waals surface area contributed by atoms with Crippen molar-refractivity contribution in [2.75, 3.05) is 4.90 Å². The second-order valence-electron chi connectivity index (χ2n) is 8.60. The van der Waals surface area contributed by atoms with E-state index in [0.717, 1.165) is 15.8 Å². The van der Waals surface area contributed by atoms with Gasteiger partial charge < -0.3 is 0 Å². The van der Waals surface area contributed by atoms with Crippen LogP contribution in [0.1, 0.15) is 58.9 Å². The molecule has 1 atom stereocenters. The van der Waals surface area contributed by atoms with Gasteiger partial charge in [-0.1, -0.05) is 0 Å². The Bertz CT molecular complexity index is 770. The Hall–Kier alpha value is -1.03. The van der Waals surface area contributed by atoms with E-state index in [9.17, 15) is 0 Å². The van der Waals surface area contributed by atoms with Gasteiger partial charge in [-0.25, -0.2) is 0 Å². The summed E-state index contributed by atoms with van der Waals surface area (Å²) in [6.45, 7) is 10.6. The Kier molecular flexibility index (Phi) is 4.41. The number of benzene rings is 1. The van der Waals surface area contributed by atoms with Crippen molar-refractivity contribution in [1.29, 1.82) is 0 Å². The van der Waals surface area contributed by atoms with E-state index in [4.69, 9.17) is 9.31 Å². The number of nitrogens with zero attached hydrogens (tertiary/aromatic N) is 2. The molecule has 0 N–H and O–H groups in total. The average Bonchev–Trinajstić information content (AvgIpc) is 3.35. The van der Waals surface area contributed by atoms with Gasteiger partial charge in [-0.15, -0.1) is 0 Å². The van der Waals surface area contributed by atoms with Crippen LogP contribution in [0.25, 0.3) is 0 Å². The quantitative estimate of drug-likeness (QED) is 0.716. The molecular weight excluding hydrogens is 386 g/mol. The van der Waals surface area contributed by atoms with Crippen LogP contribution in [-0.4, -0.2) is 45.8 Å². The number of hydrogen-bond donors (Lipinski definition) is 0. The van der Waals surface area contributed by atoms with E-state index in [1.165, 1.54) is 18.4 Å². The Morgan fingerprint density at radius 1 is 1.12 bits per heavy atom. The number of rotatable bonds is 3. The van der Waals surface area contributed by atoms with Gasteiger partial charge in [0.05, 0.1) is 0 Å². The molecule has 0 bridgehead atoms. The summed E-state index contributed by atoms with van der Waals surface area (Å²) in [6.07, 6.45) is 6.54. The first-order valence-electron chi connectivity index (χ1n) is 9.41. The maximum absolute atomic E-state index is 6.31. The van der Waals surface area contributed by atoms with Crippen molar-refractivity contribution in [2.45, 2.75) is 70.6 Å². The molecule has 6 heteroatoms. The molecule has 1 aliphatic carbocycles. The molecule has 26 heavy (non-hydrogen) atoms.